The molecule has 1 amide bonds. The Kier molecular flexibility index (Phi) is 6.08. The summed E-state index contributed by atoms with van der Waals surface area (Å²) in [6.07, 6.45) is 2.21. The van der Waals surface area contributed by atoms with Crippen LogP contribution in [0.1, 0.15) is 16.1 Å². The third-order valence-electron chi connectivity index (χ3n) is 4.82. The van der Waals surface area contributed by atoms with Gasteiger partial charge >= 0.3 is 0 Å². The molecule has 4 rings (SSSR count). The van der Waals surface area contributed by atoms with E-state index in [0.29, 0.717) is 40.6 Å². The number of nitrogens with zero attached hydrogens (tertiary/aromatic N) is 2. The molecule has 0 saturated carbocycles. The molecule has 0 aliphatic carbocycles. The summed E-state index contributed by atoms with van der Waals surface area (Å²) in [5.74, 6) is 1.14. The van der Waals surface area contributed by atoms with E-state index in [1.165, 1.54) is 24.5 Å². The summed E-state index contributed by atoms with van der Waals surface area (Å²) in [6, 6.07) is 11.8. The number of ether oxygens (including phenoxy) is 2. The van der Waals surface area contributed by atoms with Gasteiger partial charge in [-0.1, -0.05) is 12.1 Å². The van der Waals surface area contributed by atoms with Crippen LogP contribution in [0.15, 0.2) is 54.0 Å². The Labute approximate surface area is 182 Å². The minimum atomic E-state index is -0.247. The first-order valence-corrected chi connectivity index (χ1v) is 10.5. The number of nitrogens with one attached hydrogen (secondary N) is 1. The smallest absolute Gasteiger partial charge is 0.251 e. The first-order chi connectivity index (χ1) is 15.1. The molecule has 0 aliphatic heterocycles. The maximum atomic E-state index is 14.0. The zero-order valence-corrected chi connectivity index (χ0v) is 17.8. The molecule has 31 heavy (non-hydrogen) atoms. The zero-order chi connectivity index (χ0) is 21.8. The van der Waals surface area contributed by atoms with Crippen molar-refractivity contribution in [1.82, 2.24) is 15.3 Å². The lowest BCUT2D eigenvalue weighted by molar-refractivity contribution is 0.0953. The molecule has 0 fully saturated rings. The Balaban J connectivity index is 1.44. The second kappa shape index (κ2) is 9.09. The summed E-state index contributed by atoms with van der Waals surface area (Å²) in [6.45, 7) is 0.405. The molecular formula is C23H20FN3O3S. The molecule has 2 aromatic heterocycles. The van der Waals surface area contributed by atoms with Gasteiger partial charge in [-0.3, -0.25) is 4.79 Å². The molecule has 0 radical (unpaired) electrons. The number of hydrogen-bond acceptors (Lipinski definition) is 6. The van der Waals surface area contributed by atoms with E-state index in [9.17, 15) is 9.18 Å². The highest BCUT2D eigenvalue weighted by molar-refractivity contribution is 7.17. The second-order valence-corrected chi connectivity index (χ2v) is 7.59. The van der Waals surface area contributed by atoms with Crippen molar-refractivity contribution in [3.8, 4) is 22.9 Å². The summed E-state index contributed by atoms with van der Waals surface area (Å²) in [7, 11) is 3.07. The predicted molar refractivity (Wildman–Crippen MR) is 118 cm³/mol. The quantitative estimate of drug-likeness (QED) is 0.461. The average molecular weight is 437 g/mol. The van der Waals surface area contributed by atoms with Gasteiger partial charge in [0.25, 0.3) is 5.91 Å². The molecule has 0 atom stereocenters. The maximum absolute atomic E-state index is 14.0. The number of thiophene rings is 1. The summed E-state index contributed by atoms with van der Waals surface area (Å²) < 4.78 is 25.0. The third-order valence-corrected chi connectivity index (χ3v) is 5.82. The Hall–Kier alpha value is -3.52. The van der Waals surface area contributed by atoms with Gasteiger partial charge in [-0.25, -0.2) is 14.4 Å². The number of rotatable bonds is 7. The molecular weight excluding hydrogens is 417 g/mol. The lowest BCUT2D eigenvalue weighted by Crippen LogP contribution is -2.26. The summed E-state index contributed by atoms with van der Waals surface area (Å²) in [4.78, 5) is 21.4. The number of benzene rings is 2. The standard InChI is InChI=1S/C23H20FN3O3S/c1-29-19-7-6-14(12-20(19)30-2)23(28)26-11-9-15-8-10-25-22(27-15)17-13-31-21-16(17)4-3-5-18(21)24/h3-8,10,12-13H,9,11H2,1-2H3,(H,26,28). The molecule has 0 spiro atoms. The van der Waals surface area contributed by atoms with E-state index in [1.54, 1.807) is 43.6 Å². The fourth-order valence-corrected chi connectivity index (χ4v) is 4.20. The van der Waals surface area contributed by atoms with Gasteiger partial charge in [-0.05, 0) is 30.3 Å². The highest BCUT2D eigenvalue weighted by Gasteiger charge is 2.13. The molecule has 0 bridgehead atoms. The van der Waals surface area contributed by atoms with Gasteiger partial charge in [0.1, 0.15) is 5.82 Å². The van der Waals surface area contributed by atoms with E-state index in [0.717, 1.165) is 16.6 Å². The summed E-state index contributed by atoms with van der Waals surface area (Å²) in [5.41, 5.74) is 2.07. The van der Waals surface area contributed by atoms with Crippen LogP contribution in [0.25, 0.3) is 21.5 Å². The fourth-order valence-electron chi connectivity index (χ4n) is 3.24. The first-order valence-electron chi connectivity index (χ1n) is 9.59. The van der Waals surface area contributed by atoms with Crippen molar-refractivity contribution in [1.29, 1.82) is 0 Å². The van der Waals surface area contributed by atoms with Gasteiger partial charge in [0, 0.05) is 46.7 Å². The Morgan fingerprint density at radius 3 is 2.77 bits per heavy atom. The molecule has 8 heteroatoms. The van der Waals surface area contributed by atoms with Crippen LogP contribution in [0.3, 0.4) is 0 Å². The topological polar surface area (TPSA) is 73.3 Å². The van der Waals surface area contributed by atoms with E-state index in [2.05, 4.69) is 15.3 Å². The summed E-state index contributed by atoms with van der Waals surface area (Å²) in [5, 5.41) is 5.55. The molecule has 1 N–H and O–H groups in total. The van der Waals surface area contributed by atoms with Gasteiger partial charge in [0.2, 0.25) is 0 Å². The van der Waals surface area contributed by atoms with Crippen molar-refractivity contribution in [3.05, 3.63) is 71.1 Å². The summed E-state index contributed by atoms with van der Waals surface area (Å²) >= 11 is 1.34. The number of halogens is 1. The number of aromatic nitrogens is 2. The van der Waals surface area contributed by atoms with Crippen molar-refractivity contribution in [3.63, 3.8) is 0 Å². The van der Waals surface area contributed by atoms with Gasteiger partial charge in [0.15, 0.2) is 17.3 Å². The van der Waals surface area contributed by atoms with E-state index in [1.807, 2.05) is 11.4 Å². The van der Waals surface area contributed by atoms with Crippen LogP contribution in [0.4, 0.5) is 4.39 Å². The molecule has 0 saturated heterocycles. The van der Waals surface area contributed by atoms with Crippen LogP contribution >= 0.6 is 11.3 Å². The van der Waals surface area contributed by atoms with Crippen molar-refractivity contribution in [2.24, 2.45) is 0 Å². The van der Waals surface area contributed by atoms with E-state index >= 15 is 0 Å². The minimum Gasteiger partial charge on any atom is -0.493 e. The van der Waals surface area contributed by atoms with Gasteiger partial charge in [-0.15, -0.1) is 11.3 Å². The number of hydrogen-bond donors (Lipinski definition) is 1. The number of carbonyl (C=O) groups is 1. The first kappa shape index (κ1) is 20.7. The normalized spacial score (nSPS) is 10.8. The molecule has 6 nitrogen and oxygen atoms in total. The average Bonchev–Trinajstić information content (AvgIpc) is 3.24. The number of fused-ring (bicyclic) bond motifs is 1. The van der Waals surface area contributed by atoms with Crippen LogP contribution in [0.5, 0.6) is 11.5 Å². The number of carbonyl (C=O) groups excluding carboxylic acids is 1. The van der Waals surface area contributed by atoms with Crippen LogP contribution in [0.2, 0.25) is 0 Å². The Morgan fingerprint density at radius 2 is 1.97 bits per heavy atom. The highest BCUT2D eigenvalue weighted by atomic mass is 32.1. The van der Waals surface area contributed by atoms with Crippen LogP contribution in [-0.4, -0.2) is 36.6 Å². The van der Waals surface area contributed by atoms with Crippen LogP contribution in [-0.2, 0) is 6.42 Å². The number of amides is 1. The van der Waals surface area contributed by atoms with Crippen molar-refractivity contribution in [2.75, 3.05) is 20.8 Å². The van der Waals surface area contributed by atoms with Crippen LogP contribution in [0, 0.1) is 5.82 Å². The Morgan fingerprint density at radius 1 is 1.13 bits per heavy atom. The third kappa shape index (κ3) is 4.34. The number of methoxy groups -OCH3 is 2. The lowest BCUT2D eigenvalue weighted by atomic mass is 10.1. The lowest BCUT2D eigenvalue weighted by Gasteiger charge is -2.10. The molecule has 2 aromatic carbocycles. The monoisotopic (exact) mass is 437 g/mol. The molecule has 0 aliphatic rings. The minimum absolute atomic E-state index is 0.213. The van der Waals surface area contributed by atoms with Crippen LogP contribution < -0.4 is 14.8 Å². The molecule has 2 heterocycles. The second-order valence-electron chi connectivity index (χ2n) is 6.71. The molecule has 4 aromatic rings. The van der Waals surface area contributed by atoms with Gasteiger partial charge in [0.05, 0.1) is 18.9 Å². The Bertz CT molecular complexity index is 1240. The molecule has 158 valence electrons. The van der Waals surface area contributed by atoms with Gasteiger partial charge in [-0.2, -0.15) is 0 Å². The SMILES string of the molecule is COc1ccc(C(=O)NCCc2ccnc(-c3csc4c(F)cccc34)n2)cc1OC. The van der Waals surface area contributed by atoms with E-state index in [-0.39, 0.29) is 11.7 Å². The fraction of sp³-hybridized carbons (Fsp3) is 0.174. The van der Waals surface area contributed by atoms with Crippen molar-refractivity contribution >= 4 is 27.3 Å². The highest BCUT2D eigenvalue weighted by Crippen LogP contribution is 2.33. The van der Waals surface area contributed by atoms with E-state index in [4.69, 9.17) is 9.47 Å². The predicted octanol–water partition coefficient (Wildman–Crippen LogP) is 4.49. The maximum Gasteiger partial charge on any atom is 0.251 e. The van der Waals surface area contributed by atoms with E-state index < -0.39 is 0 Å². The largest absolute Gasteiger partial charge is 0.493 e. The van der Waals surface area contributed by atoms with Gasteiger partial charge < -0.3 is 14.8 Å². The van der Waals surface area contributed by atoms with Crippen molar-refractivity contribution in [2.45, 2.75) is 6.42 Å². The molecule has 0 unspecified atom stereocenters. The zero-order valence-electron chi connectivity index (χ0n) is 17.0. The van der Waals surface area contributed by atoms with Crippen molar-refractivity contribution < 1.29 is 18.7 Å².